The summed E-state index contributed by atoms with van der Waals surface area (Å²) in [4.78, 5) is 22.9. The third-order valence-corrected chi connectivity index (χ3v) is 6.77. The molecule has 38 heavy (non-hydrogen) atoms. The van der Waals surface area contributed by atoms with Gasteiger partial charge in [0.1, 0.15) is 17.3 Å². The minimum absolute atomic E-state index is 0.0659. The molecule has 1 atom stereocenters. The molecule has 2 aliphatic rings. The summed E-state index contributed by atoms with van der Waals surface area (Å²) in [5.74, 6) is 3.99. The van der Waals surface area contributed by atoms with E-state index >= 15 is 0 Å². The molecule has 0 spiro atoms. The molecule has 0 aliphatic carbocycles. The normalized spacial score (nSPS) is 17.7. The van der Waals surface area contributed by atoms with Gasteiger partial charge in [0.2, 0.25) is 11.8 Å². The van der Waals surface area contributed by atoms with Gasteiger partial charge in [0.25, 0.3) is 0 Å². The Bertz CT molecular complexity index is 1380. The summed E-state index contributed by atoms with van der Waals surface area (Å²) in [6, 6.07) is 5.79. The van der Waals surface area contributed by atoms with Gasteiger partial charge in [0, 0.05) is 55.9 Å². The molecule has 2 aliphatic heterocycles. The Kier molecular flexibility index (Phi) is 6.73. The summed E-state index contributed by atoms with van der Waals surface area (Å²) < 4.78 is 16.7. The van der Waals surface area contributed by atoms with Crippen LogP contribution in [0.4, 0.5) is 23.4 Å². The molecule has 2 fully saturated rings. The Labute approximate surface area is 219 Å². The van der Waals surface area contributed by atoms with Gasteiger partial charge in [0.15, 0.2) is 17.3 Å². The first-order valence-electron chi connectivity index (χ1n) is 12.8. The molecule has 2 saturated heterocycles. The fourth-order valence-electron chi connectivity index (χ4n) is 4.82. The van der Waals surface area contributed by atoms with E-state index in [4.69, 9.17) is 24.0 Å². The SMILES string of the molecule is CCc1cc(Nc2cc(N3CCOCC3)nc(N3CCC[C@H]3c3cc(-c4nccnc4OC)no3)n2)n[nH]1. The van der Waals surface area contributed by atoms with Crippen LogP contribution >= 0.6 is 0 Å². The number of ether oxygens (including phenoxy) is 2. The molecule has 2 N–H and O–H groups in total. The van der Waals surface area contributed by atoms with Crippen LogP contribution < -0.4 is 19.9 Å². The number of hydrogen-bond acceptors (Lipinski definition) is 12. The first-order valence-corrected chi connectivity index (χ1v) is 12.8. The van der Waals surface area contributed by atoms with Crippen molar-refractivity contribution in [1.29, 1.82) is 0 Å². The Morgan fingerprint density at radius 1 is 1.08 bits per heavy atom. The summed E-state index contributed by atoms with van der Waals surface area (Å²) >= 11 is 0. The van der Waals surface area contributed by atoms with Crippen LogP contribution in [0.3, 0.4) is 0 Å². The van der Waals surface area contributed by atoms with E-state index in [9.17, 15) is 0 Å². The molecule has 0 saturated carbocycles. The van der Waals surface area contributed by atoms with Crippen molar-refractivity contribution in [3.63, 3.8) is 0 Å². The molecular weight excluding hydrogens is 488 g/mol. The Balaban J connectivity index is 1.32. The Hall–Kier alpha value is -4.26. The number of H-pyrrole nitrogens is 1. The number of hydrogen-bond donors (Lipinski definition) is 2. The Morgan fingerprint density at radius 3 is 2.76 bits per heavy atom. The quantitative estimate of drug-likeness (QED) is 0.354. The van der Waals surface area contributed by atoms with E-state index in [0.29, 0.717) is 42.2 Å². The summed E-state index contributed by atoms with van der Waals surface area (Å²) in [6.45, 7) is 5.75. The van der Waals surface area contributed by atoms with Crippen LogP contribution in [0.15, 0.2) is 35.1 Å². The van der Waals surface area contributed by atoms with Gasteiger partial charge in [-0.05, 0) is 19.3 Å². The van der Waals surface area contributed by atoms with E-state index in [2.05, 4.69) is 47.4 Å². The fraction of sp³-hybridized carbons (Fsp3) is 0.440. The van der Waals surface area contributed by atoms with Crippen LogP contribution in [-0.2, 0) is 11.2 Å². The Morgan fingerprint density at radius 2 is 1.95 bits per heavy atom. The lowest BCUT2D eigenvalue weighted by Crippen LogP contribution is -2.37. The van der Waals surface area contributed by atoms with E-state index in [1.165, 1.54) is 0 Å². The zero-order valence-electron chi connectivity index (χ0n) is 21.4. The standard InChI is InChI=1S/C25H30N10O3/c1-3-16-13-21(32-31-16)28-20-15-22(34-9-11-37-12-10-34)30-25(29-20)35-8-4-5-18(35)19-14-17(33-38-19)23-24(36-2)27-7-6-26-23/h6-7,13-15,18H,3-5,8-12H2,1-2H3,(H2,28,29,30,31,32)/t18-/m0/s1. The van der Waals surface area contributed by atoms with Crippen molar-refractivity contribution in [2.75, 3.05) is 55.1 Å². The largest absolute Gasteiger partial charge is 0.479 e. The van der Waals surface area contributed by atoms with E-state index < -0.39 is 0 Å². The molecule has 13 heteroatoms. The smallest absolute Gasteiger partial charge is 0.242 e. The van der Waals surface area contributed by atoms with Gasteiger partial charge in [-0.3, -0.25) is 5.10 Å². The lowest BCUT2D eigenvalue weighted by molar-refractivity contribution is 0.122. The molecule has 0 unspecified atom stereocenters. The highest BCUT2D eigenvalue weighted by Crippen LogP contribution is 2.38. The van der Waals surface area contributed by atoms with Crippen LogP contribution in [-0.4, -0.2) is 75.2 Å². The predicted molar refractivity (Wildman–Crippen MR) is 140 cm³/mol. The topological polar surface area (TPSA) is 143 Å². The van der Waals surface area contributed by atoms with E-state index in [-0.39, 0.29) is 6.04 Å². The van der Waals surface area contributed by atoms with Gasteiger partial charge < -0.3 is 29.1 Å². The minimum Gasteiger partial charge on any atom is -0.479 e. The van der Waals surface area contributed by atoms with Gasteiger partial charge >= 0.3 is 0 Å². The van der Waals surface area contributed by atoms with Gasteiger partial charge in [-0.2, -0.15) is 15.1 Å². The van der Waals surface area contributed by atoms with Crippen molar-refractivity contribution in [2.24, 2.45) is 0 Å². The summed E-state index contributed by atoms with van der Waals surface area (Å²) in [5, 5.41) is 15.0. The molecular formula is C25H30N10O3. The third kappa shape index (κ3) is 4.84. The molecule has 6 rings (SSSR count). The van der Waals surface area contributed by atoms with Gasteiger partial charge in [-0.25, -0.2) is 9.97 Å². The molecule has 6 heterocycles. The van der Waals surface area contributed by atoms with Crippen molar-refractivity contribution < 1.29 is 14.0 Å². The lowest BCUT2D eigenvalue weighted by atomic mass is 10.1. The number of rotatable bonds is 8. The first-order chi connectivity index (χ1) is 18.7. The monoisotopic (exact) mass is 518 g/mol. The molecule has 198 valence electrons. The van der Waals surface area contributed by atoms with Crippen molar-refractivity contribution in [2.45, 2.75) is 32.2 Å². The van der Waals surface area contributed by atoms with Gasteiger partial charge in [-0.1, -0.05) is 12.1 Å². The average molecular weight is 519 g/mol. The fourth-order valence-corrected chi connectivity index (χ4v) is 4.82. The molecule has 0 aromatic carbocycles. The number of aromatic amines is 1. The van der Waals surface area contributed by atoms with Crippen molar-refractivity contribution in [1.82, 2.24) is 35.3 Å². The van der Waals surface area contributed by atoms with Crippen LogP contribution in [0.5, 0.6) is 5.88 Å². The molecule has 4 aromatic rings. The third-order valence-electron chi connectivity index (χ3n) is 6.77. The molecule has 0 radical (unpaired) electrons. The number of aryl methyl sites for hydroxylation is 1. The van der Waals surface area contributed by atoms with E-state index in [1.807, 2.05) is 18.2 Å². The predicted octanol–water partition coefficient (Wildman–Crippen LogP) is 3.14. The number of aromatic nitrogens is 7. The average Bonchev–Trinajstić information content (AvgIpc) is 3.74. The maximum atomic E-state index is 5.81. The molecule has 0 bridgehead atoms. The summed E-state index contributed by atoms with van der Waals surface area (Å²) in [6.07, 6.45) is 5.92. The molecule has 4 aromatic heterocycles. The zero-order valence-corrected chi connectivity index (χ0v) is 21.4. The van der Waals surface area contributed by atoms with Crippen LogP contribution in [0, 0.1) is 0 Å². The number of anilines is 4. The molecule has 13 nitrogen and oxygen atoms in total. The van der Waals surface area contributed by atoms with Crippen LogP contribution in [0.1, 0.15) is 37.3 Å². The second-order valence-electron chi connectivity index (χ2n) is 9.15. The first kappa shape index (κ1) is 24.1. The number of nitrogens with one attached hydrogen (secondary N) is 2. The number of nitrogens with zero attached hydrogens (tertiary/aromatic N) is 8. The van der Waals surface area contributed by atoms with Crippen molar-refractivity contribution in [3.8, 4) is 17.3 Å². The number of morpholine rings is 1. The van der Waals surface area contributed by atoms with Gasteiger partial charge in [-0.15, -0.1) is 0 Å². The maximum Gasteiger partial charge on any atom is 0.242 e. The lowest BCUT2D eigenvalue weighted by Gasteiger charge is -2.30. The highest BCUT2D eigenvalue weighted by atomic mass is 16.5. The van der Waals surface area contributed by atoms with E-state index in [1.54, 1.807) is 19.5 Å². The van der Waals surface area contributed by atoms with Crippen LogP contribution in [0.25, 0.3) is 11.4 Å². The zero-order chi connectivity index (χ0) is 25.9. The second-order valence-corrected chi connectivity index (χ2v) is 9.15. The summed E-state index contributed by atoms with van der Waals surface area (Å²) in [7, 11) is 1.56. The van der Waals surface area contributed by atoms with Crippen molar-refractivity contribution in [3.05, 3.63) is 42.0 Å². The van der Waals surface area contributed by atoms with Crippen LogP contribution in [0.2, 0.25) is 0 Å². The molecule has 0 amide bonds. The van der Waals surface area contributed by atoms with Gasteiger partial charge in [0.05, 0.1) is 26.4 Å². The number of methoxy groups -OCH3 is 1. The van der Waals surface area contributed by atoms with Crippen molar-refractivity contribution >= 4 is 23.4 Å². The highest BCUT2D eigenvalue weighted by Gasteiger charge is 2.33. The highest BCUT2D eigenvalue weighted by molar-refractivity contribution is 5.62. The maximum absolute atomic E-state index is 5.81. The minimum atomic E-state index is -0.0659. The second kappa shape index (κ2) is 10.6. The van der Waals surface area contributed by atoms with E-state index in [0.717, 1.165) is 62.0 Å². The summed E-state index contributed by atoms with van der Waals surface area (Å²) in [5.41, 5.74) is 2.17.